The van der Waals surface area contributed by atoms with E-state index in [-0.39, 0.29) is 70.4 Å². The van der Waals surface area contributed by atoms with E-state index in [0.29, 0.717) is 0 Å². The molecule has 0 spiro atoms. The number of fused-ring (bicyclic) bond motifs is 1. The number of pyridine rings is 1. The number of alkyl halides is 3. The number of aromatic nitrogens is 1. The topological polar surface area (TPSA) is 158 Å². The van der Waals surface area contributed by atoms with Crippen molar-refractivity contribution in [2.45, 2.75) is 44.1 Å². The second-order valence-electron chi connectivity index (χ2n) is 12.0. The molecule has 1 aliphatic heterocycles. The van der Waals surface area contributed by atoms with Gasteiger partial charge in [0.2, 0.25) is 5.60 Å². The normalized spacial score (nSPS) is 17.4. The van der Waals surface area contributed by atoms with Crippen LogP contribution in [0.4, 0.5) is 17.6 Å². The van der Waals surface area contributed by atoms with Crippen molar-refractivity contribution in [1.29, 1.82) is 0 Å². The Morgan fingerprint density at radius 3 is 2.38 bits per heavy atom. The molecule has 3 atom stereocenters. The Kier molecular flexibility index (Phi) is 12.1. The third kappa shape index (κ3) is 8.00. The summed E-state index contributed by atoms with van der Waals surface area (Å²) in [5, 5.41) is 11.5. The molecule has 1 aromatic heterocycles. The van der Waals surface area contributed by atoms with Crippen molar-refractivity contribution in [2.24, 2.45) is 11.8 Å². The summed E-state index contributed by atoms with van der Waals surface area (Å²) in [6, 6.07) is 8.69. The highest BCUT2D eigenvalue weighted by atomic mass is 35.5. The van der Waals surface area contributed by atoms with Crippen molar-refractivity contribution in [3.05, 3.63) is 71.2 Å². The first kappa shape index (κ1) is 38.9. The van der Waals surface area contributed by atoms with Crippen LogP contribution in [-0.2, 0) is 20.7 Å². The van der Waals surface area contributed by atoms with Gasteiger partial charge in [0, 0.05) is 16.7 Å². The molecule has 1 aliphatic rings. The van der Waals surface area contributed by atoms with Crippen LogP contribution in [0.15, 0.2) is 48.5 Å². The molecule has 2 heterocycles. The van der Waals surface area contributed by atoms with E-state index in [0.717, 1.165) is 18.2 Å². The molecule has 4 rings (SSSR count). The molecule has 5 N–H and O–H groups in total. The van der Waals surface area contributed by atoms with Crippen LogP contribution in [0.1, 0.15) is 42.4 Å². The van der Waals surface area contributed by atoms with Crippen LogP contribution in [0.3, 0.4) is 0 Å². The molecule has 0 aliphatic carbocycles. The van der Waals surface area contributed by atoms with Gasteiger partial charge in [-0.05, 0) is 84.9 Å². The molecule has 272 valence electrons. The third-order valence-electron chi connectivity index (χ3n) is 7.99. The van der Waals surface area contributed by atoms with Crippen LogP contribution < -0.4 is 29.7 Å². The number of methoxy groups -OCH3 is 1. The summed E-state index contributed by atoms with van der Waals surface area (Å²) in [4.78, 5) is 34.4. The number of nitrogens with one attached hydrogen (secondary N) is 2. The first-order chi connectivity index (χ1) is 23.5. The monoisotopic (exact) mass is 747 g/mol. The van der Waals surface area contributed by atoms with Gasteiger partial charge in [-0.1, -0.05) is 13.8 Å². The Morgan fingerprint density at radius 2 is 1.80 bits per heavy atom. The zero-order chi connectivity index (χ0) is 37.0. The lowest BCUT2D eigenvalue weighted by Gasteiger charge is -2.34. The van der Waals surface area contributed by atoms with Crippen molar-refractivity contribution < 1.29 is 51.2 Å². The van der Waals surface area contributed by atoms with Gasteiger partial charge in [-0.15, -0.1) is 0 Å². The molecular weight excluding hydrogens is 713 g/mol. The Labute approximate surface area is 294 Å². The van der Waals surface area contributed by atoms with E-state index in [1.807, 2.05) is 0 Å². The number of benzene rings is 2. The fourth-order valence-corrected chi connectivity index (χ4v) is 5.52. The maximum Gasteiger partial charge on any atom is 0.424 e. The number of aliphatic hydroxyl groups is 1. The molecule has 3 aromatic rings. The van der Waals surface area contributed by atoms with Crippen molar-refractivity contribution in [1.82, 2.24) is 19.7 Å². The van der Waals surface area contributed by atoms with Gasteiger partial charge in [-0.25, -0.2) is 24.9 Å². The number of hydrogen-bond acceptors (Lipinski definition) is 11. The van der Waals surface area contributed by atoms with E-state index in [1.54, 1.807) is 20.8 Å². The summed E-state index contributed by atoms with van der Waals surface area (Å²) < 4.78 is 79.9. The van der Waals surface area contributed by atoms with Crippen molar-refractivity contribution in [3.8, 4) is 28.5 Å². The summed E-state index contributed by atoms with van der Waals surface area (Å²) in [7, 11) is 1.27. The summed E-state index contributed by atoms with van der Waals surface area (Å²) in [6.45, 7) is 3.26. The Hall–Kier alpha value is -3.93. The van der Waals surface area contributed by atoms with Crippen molar-refractivity contribution in [2.75, 3.05) is 33.5 Å². The number of rotatable bonds is 14. The van der Waals surface area contributed by atoms with E-state index >= 15 is 0 Å². The average molecular weight is 749 g/mol. The van der Waals surface area contributed by atoms with E-state index in [9.17, 15) is 32.3 Å². The highest BCUT2D eigenvalue weighted by Gasteiger charge is 2.58. The van der Waals surface area contributed by atoms with E-state index < -0.39 is 53.3 Å². The molecule has 2 aromatic carbocycles. The Morgan fingerprint density at radius 1 is 1.12 bits per heavy atom. The minimum atomic E-state index is -5.41. The van der Waals surface area contributed by atoms with E-state index in [4.69, 9.17) is 48.3 Å². The van der Waals surface area contributed by atoms with Gasteiger partial charge in [-0.3, -0.25) is 14.6 Å². The number of carbonyl (C=O) groups is 2. The SMILES string of the molecule is COc1cc(C(=O)N(N)CC(O)(c2cc3c(c(-c4ccc(F)cc4)n2)OCC3(C)NCl)C(F)(F)F)ccc1OCCOC(=O)C(NCl)C(C)C. The van der Waals surface area contributed by atoms with Crippen LogP contribution in [-0.4, -0.2) is 72.7 Å². The van der Waals surface area contributed by atoms with Crippen LogP contribution in [0.5, 0.6) is 17.2 Å². The van der Waals surface area contributed by atoms with Gasteiger partial charge in [-0.2, -0.15) is 13.2 Å². The Balaban J connectivity index is 1.60. The van der Waals surface area contributed by atoms with Crippen LogP contribution in [0.2, 0.25) is 0 Å². The van der Waals surface area contributed by atoms with Crippen LogP contribution in [0.25, 0.3) is 11.3 Å². The maximum absolute atomic E-state index is 14.8. The summed E-state index contributed by atoms with van der Waals surface area (Å²) in [5.74, 6) is 3.67. The van der Waals surface area contributed by atoms with Crippen LogP contribution >= 0.6 is 23.6 Å². The minimum Gasteiger partial charge on any atom is -0.493 e. The standard InChI is InChI=1S/C32H35Cl2F4N5O7/c1-17(2)25(41-33)29(45)49-12-11-48-22-10-7-19(13-23(22)47-4)28(44)43(39)15-31(46,32(36,37)38)24-14-21-27(50-16-30(21,3)42-34)26(40-24)18-5-8-20(35)9-6-18/h5-10,13-14,17,25,41-42,46H,11-12,15-16,39H2,1-4H3. The largest absolute Gasteiger partial charge is 0.493 e. The zero-order valence-electron chi connectivity index (χ0n) is 27.2. The number of hydrazine groups is 1. The van der Waals surface area contributed by atoms with Crippen molar-refractivity contribution >= 4 is 35.4 Å². The molecule has 18 heteroatoms. The maximum atomic E-state index is 14.8. The molecule has 0 saturated carbocycles. The highest BCUT2D eigenvalue weighted by Crippen LogP contribution is 2.47. The summed E-state index contributed by atoms with van der Waals surface area (Å²) >= 11 is 11.5. The summed E-state index contributed by atoms with van der Waals surface area (Å²) in [5.41, 5.74) is -5.96. The van der Waals surface area contributed by atoms with Gasteiger partial charge in [0.1, 0.15) is 37.4 Å². The molecule has 12 nitrogen and oxygen atoms in total. The van der Waals surface area contributed by atoms with E-state index in [2.05, 4.69) is 14.7 Å². The smallest absolute Gasteiger partial charge is 0.424 e. The predicted octanol–water partition coefficient (Wildman–Crippen LogP) is 4.70. The minimum absolute atomic E-state index is 0.0150. The fourth-order valence-electron chi connectivity index (χ4n) is 5.02. The lowest BCUT2D eigenvalue weighted by Crippen LogP contribution is -2.55. The molecule has 0 fully saturated rings. The number of ether oxygens (including phenoxy) is 4. The van der Waals surface area contributed by atoms with Gasteiger partial charge < -0.3 is 24.1 Å². The average Bonchev–Trinajstić information content (AvgIpc) is 3.42. The lowest BCUT2D eigenvalue weighted by molar-refractivity contribution is -0.271. The predicted molar refractivity (Wildman–Crippen MR) is 174 cm³/mol. The Bertz CT molecular complexity index is 1700. The number of halogens is 6. The first-order valence-electron chi connectivity index (χ1n) is 15.0. The highest BCUT2D eigenvalue weighted by molar-refractivity contribution is 6.15. The molecular formula is C32H35Cl2F4N5O7. The molecule has 0 saturated heterocycles. The number of nitrogens with zero attached hydrogens (tertiary/aromatic N) is 2. The molecule has 50 heavy (non-hydrogen) atoms. The quantitative estimate of drug-likeness (QED) is 0.0345. The zero-order valence-corrected chi connectivity index (χ0v) is 28.8. The van der Waals surface area contributed by atoms with Gasteiger partial charge in [0.15, 0.2) is 17.2 Å². The number of amides is 1. The molecule has 0 radical (unpaired) electrons. The van der Waals surface area contributed by atoms with Crippen LogP contribution in [0, 0.1) is 11.7 Å². The van der Waals surface area contributed by atoms with E-state index in [1.165, 1.54) is 37.4 Å². The number of hydrogen-bond donors (Lipinski definition) is 4. The lowest BCUT2D eigenvalue weighted by atomic mass is 9.89. The third-order valence-corrected chi connectivity index (χ3v) is 8.64. The van der Waals surface area contributed by atoms with Gasteiger partial charge in [0.25, 0.3) is 5.91 Å². The number of carbonyl (C=O) groups excluding carboxylic acids is 2. The molecule has 3 unspecified atom stereocenters. The first-order valence-corrected chi connectivity index (χ1v) is 15.8. The van der Waals surface area contributed by atoms with Gasteiger partial charge in [0.05, 0.1) is 24.9 Å². The second kappa shape index (κ2) is 15.5. The van der Waals surface area contributed by atoms with Crippen molar-refractivity contribution in [3.63, 3.8) is 0 Å². The molecule has 0 bridgehead atoms. The summed E-state index contributed by atoms with van der Waals surface area (Å²) in [6.07, 6.45) is -5.41. The van der Waals surface area contributed by atoms with Gasteiger partial charge >= 0.3 is 12.1 Å². The fraction of sp³-hybridized carbons (Fsp3) is 0.406. The number of esters is 1. The second-order valence-corrected chi connectivity index (χ2v) is 12.4. The number of nitrogens with two attached hydrogens (primary N) is 1. The molecule has 1 amide bonds.